The third-order valence-corrected chi connectivity index (χ3v) is 3.35. The van der Waals surface area contributed by atoms with Gasteiger partial charge in [0.15, 0.2) is 0 Å². The summed E-state index contributed by atoms with van der Waals surface area (Å²) in [7, 11) is 0. The third-order valence-electron chi connectivity index (χ3n) is 3.35. The molecule has 0 saturated carbocycles. The Morgan fingerprint density at radius 3 is 1.94 bits per heavy atom. The molecule has 2 aromatic carbocycles. The van der Waals surface area contributed by atoms with Crippen LogP contribution in [-0.2, 0) is 0 Å². The van der Waals surface area contributed by atoms with Crippen LogP contribution in [0.3, 0.4) is 0 Å². The number of phenolic OH excluding ortho intramolecular Hbond substituents is 2. The van der Waals surface area contributed by atoms with Crippen molar-refractivity contribution in [2.24, 2.45) is 0 Å². The average molecular weight is 228 g/mol. The Labute approximate surface area is 101 Å². The van der Waals surface area contributed by atoms with E-state index in [0.29, 0.717) is 11.5 Å². The van der Waals surface area contributed by atoms with Crippen LogP contribution >= 0.6 is 0 Å². The van der Waals surface area contributed by atoms with Gasteiger partial charge in [0.25, 0.3) is 0 Å². The molecule has 0 aromatic heterocycles. The monoisotopic (exact) mass is 228 g/mol. The van der Waals surface area contributed by atoms with Gasteiger partial charge in [0.1, 0.15) is 11.5 Å². The summed E-state index contributed by atoms with van der Waals surface area (Å²) < 4.78 is 0. The lowest BCUT2D eigenvalue weighted by molar-refractivity contribution is 0.470. The molecule has 0 atom stereocenters. The molecule has 2 nitrogen and oxygen atoms in total. The van der Waals surface area contributed by atoms with Crippen molar-refractivity contribution < 1.29 is 10.2 Å². The molecular weight excluding hydrogens is 212 g/mol. The number of rotatable bonds is 1. The maximum absolute atomic E-state index is 9.73. The van der Waals surface area contributed by atoms with Crippen molar-refractivity contribution >= 4 is 0 Å². The molecule has 0 aliphatic heterocycles. The smallest absolute Gasteiger partial charge is 0.119 e. The molecule has 2 heteroatoms. The van der Waals surface area contributed by atoms with Gasteiger partial charge in [-0.2, -0.15) is 0 Å². The molecule has 0 fully saturated rings. The lowest BCUT2D eigenvalue weighted by atomic mass is 9.93. The van der Waals surface area contributed by atoms with Gasteiger partial charge in [0, 0.05) is 0 Å². The van der Waals surface area contributed by atoms with E-state index in [2.05, 4.69) is 0 Å². The summed E-state index contributed by atoms with van der Waals surface area (Å²) in [6.45, 7) is 5.77. The van der Waals surface area contributed by atoms with Crippen LogP contribution in [0, 0.1) is 20.8 Å². The molecule has 0 spiro atoms. The normalized spacial score (nSPS) is 10.5. The Bertz CT molecular complexity index is 571. The highest BCUT2D eigenvalue weighted by Gasteiger charge is 2.10. The first-order chi connectivity index (χ1) is 8.02. The van der Waals surface area contributed by atoms with Crippen molar-refractivity contribution in [3.05, 3.63) is 47.0 Å². The third kappa shape index (κ3) is 1.86. The molecule has 88 valence electrons. The first-order valence-electron chi connectivity index (χ1n) is 5.60. The van der Waals surface area contributed by atoms with Crippen molar-refractivity contribution in [3.8, 4) is 22.6 Å². The minimum absolute atomic E-state index is 0.299. The standard InChI is InChI=1S/C15H16O2/c1-9-10(2)15(17)8-7-13(9)12-5-4-6-14(16)11(12)3/h4-8,16-17H,1-3H3. The molecule has 0 radical (unpaired) electrons. The Morgan fingerprint density at radius 1 is 0.647 bits per heavy atom. The number of benzene rings is 2. The van der Waals surface area contributed by atoms with Crippen molar-refractivity contribution in [2.45, 2.75) is 20.8 Å². The lowest BCUT2D eigenvalue weighted by Gasteiger charge is -2.13. The quantitative estimate of drug-likeness (QED) is 0.781. The van der Waals surface area contributed by atoms with Gasteiger partial charge in [-0.3, -0.25) is 0 Å². The summed E-state index contributed by atoms with van der Waals surface area (Å²) in [5.74, 6) is 0.608. The van der Waals surface area contributed by atoms with Crippen LogP contribution in [0.2, 0.25) is 0 Å². The van der Waals surface area contributed by atoms with E-state index >= 15 is 0 Å². The van der Waals surface area contributed by atoms with Crippen LogP contribution in [0.15, 0.2) is 30.3 Å². The molecule has 0 aliphatic rings. The summed E-state index contributed by atoms with van der Waals surface area (Å²) in [6.07, 6.45) is 0. The zero-order chi connectivity index (χ0) is 12.6. The largest absolute Gasteiger partial charge is 0.508 e. The van der Waals surface area contributed by atoms with Gasteiger partial charge < -0.3 is 10.2 Å². The fraction of sp³-hybridized carbons (Fsp3) is 0.200. The molecule has 0 unspecified atom stereocenters. The Kier molecular flexibility index (Phi) is 2.80. The zero-order valence-electron chi connectivity index (χ0n) is 10.3. The van der Waals surface area contributed by atoms with Crippen molar-refractivity contribution in [1.29, 1.82) is 0 Å². The molecule has 0 saturated heterocycles. The molecule has 17 heavy (non-hydrogen) atoms. The van der Waals surface area contributed by atoms with E-state index in [4.69, 9.17) is 0 Å². The van der Waals surface area contributed by atoms with E-state index in [9.17, 15) is 10.2 Å². The van der Waals surface area contributed by atoms with Gasteiger partial charge in [-0.05, 0) is 60.7 Å². The van der Waals surface area contributed by atoms with Crippen molar-refractivity contribution in [2.75, 3.05) is 0 Å². The van der Waals surface area contributed by atoms with E-state index < -0.39 is 0 Å². The summed E-state index contributed by atoms with van der Waals surface area (Å²) in [5.41, 5.74) is 4.84. The molecule has 0 heterocycles. The fourth-order valence-electron chi connectivity index (χ4n) is 2.01. The summed E-state index contributed by atoms with van der Waals surface area (Å²) in [6, 6.07) is 9.08. The van der Waals surface area contributed by atoms with Gasteiger partial charge in [-0.1, -0.05) is 18.2 Å². The number of phenols is 2. The first-order valence-corrected chi connectivity index (χ1v) is 5.60. The van der Waals surface area contributed by atoms with Crippen molar-refractivity contribution in [3.63, 3.8) is 0 Å². The Morgan fingerprint density at radius 2 is 1.24 bits per heavy atom. The maximum atomic E-state index is 9.73. The summed E-state index contributed by atoms with van der Waals surface area (Å²) in [4.78, 5) is 0. The van der Waals surface area contributed by atoms with Gasteiger partial charge in [-0.15, -0.1) is 0 Å². The van der Waals surface area contributed by atoms with Crippen LogP contribution in [-0.4, -0.2) is 10.2 Å². The molecule has 0 bridgehead atoms. The molecule has 2 N–H and O–H groups in total. The van der Waals surface area contributed by atoms with Gasteiger partial charge >= 0.3 is 0 Å². The predicted molar refractivity (Wildman–Crippen MR) is 69.4 cm³/mol. The summed E-state index contributed by atoms with van der Waals surface area (Å²) in [5, 5.41) is 19.4. The highest BCUT2D eigenvalue weighted by molar-refractivity contribution is 5.74. The van der Waals surface area contributed by atoms with E-state index in [-0.39, 0.29) is 0 Å². The zero-order valence-corrected chi connectivity index (χ0v) is 10.3. The average Bonchev–Trinajstić information content (AvgIpc) is 2.31. The van der Waals surface area contributed by atoms with Crippen LogP contribution in [0.25, 0.3) is 11.1 Å². The second-order valence-corrected chi connectivity index (χ2v) is 4.33. The van der Waals surface area contributed by atoms with Gasteiger partial charge in [0.2, 0.25) is 0 Å². The van der Waals surface area contributed by atoms with Crippen molar-refractivity contribution in [1.82, 2.24) is 0 Å². The minimum atomic E-state index is 0.299. The summed E-state index contributed by atoms with van der Waals surface area (Å²) >= 11 is 0. The van der Waals surface area contributed by atoms with Crippen LogP contribution < -0.4 is 0 Å². The lowest BCUT2D eigenvalue weighted by Crippen LogP contribution is -1.90. The van der Waals surface area contributed by atoms with Crippen LogP contribution in [0.5, 0.6) is 11.5 Å². The highest BCUT2D eigenvalue weighted by atomic mass is 16.3. The fourth-order valence-corrected chi connectivity index (χ4v) is 2.01. The molecule has 2 rings (SSSR count). The topological polar surface area (TPSA) is 40.5 Å². The van der Waals surface area contributed by atoms with Crippen LogP contribution in [0.4, 0.5) is 0 Å². The number of hydrogen-bond donors (Lipinski definition) is 2. The van der Waals surface area contributed by atoms with Crippen LogP contribution in [0.1, 0.15) is 16.7 Å². The second kappa shape index (κ2) is 4.13. The number of hydrogen-bond acceptors (Lipinski definition) is 2. The minimum Gasteiger partial charge on any atom is -0.508 e. The van der Waals surface area contributed by atoms with E-state index in [1.807, 2.05) is 39.0 Å². The molecule has 2 aromatic rings. The first kappa shape index (κ1) is 11.5. The Balaban J connectivity index is 2.69. The number of aromatic hydroxyl groups is 2. The second-order valence-electron chi connectivity index (χ2n) is 4.33. The van der Waals surface area contributed by atoms with E-state index in [1.165, 1.54) is 0 Å². The highest BCUT2D eigenvalue weighted by Crippen LogP contribution is 2.34. The van der Waals surface area contributed by atoms with E-state index in [1.54, 1.807) is 12.1 Å². The molecule has 0 aliphatic carbocycles. The van der Waals surface area contributed by atoms with Gasteiger partial charge in [0.05, 0.1) is 0 Å². The molecule has 0 amide bonds. The van der Waals surface area contributed by atoms with E-state index in [0.717, 1.165) is 27.8 Å². The molecular formula is C15H16O2. The van der Waals surface area contributed by atoms with Gasteiger partial charge in [-0.25, -0.2) is 0 Å². The maximum Gasteiger partial charge on any atom is 0.119 e. The Hall–Kier alpha value is -1.96. The SMILES string of the molecule is Cc1c(O)cccc1-c1ccc(O)c(C)c1C. The predicted octanol–water partition coefficient (Wildman–Crippen LogP) is 3.69.